The first-order valence-electron chi connectivity index (χ1n) is 8.09. The van der Waals surface area contributed by atoms with E-state index in [1.54, 1.807) is 0 Å². The van der Waals surface area contributed by atoms with E-state index in [1.807, 2.05) is 19.9 Å². The first kappa shape index (κ1) is 20.6. The van der Waals surface area contributed by atoms with Gasteiger partial charge >= 0.3 is 5.97 Å². The van der Waals surface area contributed by atoms with Gasteiger partial charge in [-0.1, -0.05) is 39.2 Å². The summed E-state index contributed by atoms with van der Waals surface area (Å²) >= 11 is 0. The van der Waals surface area contributed by atoms with Gasteiger partial charge in [0.2, 0.25) is 5.91 Å². The molecular weight excluding hydrogens is 282 g/mol. The minimum atomic E-state index is -1.08. The van der Waals surface area contributed by atoms with Crippen molar-refractivity contribution in [2.75, 3.05) is 7.11 Å². The molecule has 0 aromatic rings. The lowest BCUT2D eigenvalue weighted by Gasteiger charge is -2.19. The maximum absolute atomic E-state index is 11.9. The SMILES string of the molecule is C=CCCCCCC[C@H](NC(=O)[C@@H](O)CC(C)C)C(=O)OC. The van der Waals surface area contributed by atoms with E-state index in [-0.39, 0.29) is 5.92 Å². The number of aliphatic hydroxyl groups excluding tert-OH is 1. The Hall–Kier alpha value is -1.36. The molecule has 22 heavy (non-hydrogen) atoms. The van der Waals surface area contributed by atoms with E-state index < -0.39 is 24.0 Å². The third-order valence-electron chi connectivity index (χ3n) is 3.45. The first-order valence-corrected chi connectivity index (χ1v) is 8.09. The third kappa shape index (κ3) is 9.55. The average molecular weight is 313 g/mol. The number of esters is 1. The molecule has 0 saturated heterocycles. The molecule has 0 spiro atoms. The molecule has 5 nitrogen and oxygen atoms in total. The number of amides is 1. The lowest BCUT2D eigenvalue weighted by Crippen LogP contribution is -2.46. The summed E-state index contributed by atoms with van der Waals surface area (Å²) in [4.78, 5) is 23.6. The molecule has 0 bridgehead atoms. The van der Waals surface area contributed by atoms with Crippen LogP contribution >= 0.6 is 0 Å². The van der Waals surface area contributed by atoms with Gasteiger partial charge in [-0.05, 0) is 31.6 Å². The van der Waals surface area contributed by atoms with Gasteiger partial charge in [0.1, 0.15) is 12.1 Å². The summed E-state index contributed by atoms with van der Waals surface area (Å²) in [7, 11) is 1.30. The molecule has 0 rings (SSSR count). The number of hydrogen-bond acceptors (Lipinski definition) is 4. The van der Waals surface area contributed by atoms with Crippen molar-refractivity contribution < 1.29 is 19.4 Å². The summed E-state index contributed by atoms with van der Waals surface area (Å²) in [6.45, 7) is 7.53. The summed E-state index contributed by atoms with van der Waals surface area (Å²) in [5, 5.41) is 12.4. The highest BCUT2D eigenvalue weighted by molar-refractivity contribution is 5.86. The van der Waals surface area contributed by atoms with Crippen molar-refractivity contribution in [2.45, 2.75) is 70.9 Å². The molecule has 2 atom stereocenters. The van der Waals surface area contributed by atoms with Gasteiger partial charge < -0.3 is 15.2 Å². The molecule has 0 aliphatic heterocycles. The van der Waals surface area contributed by atoms with Crippen LogP contribution in [-0.2, 0) is 14.3 Å². The number of rotatable bonds is 12. The molecule has 0 aliphatic rings. The zero-order valence-electron chi connectivity index (χ0n) is 14.1. The van der Waals surface area contributed by atoms with Crippen LogP contribution in [-0.4, -0.2) is 36.2 Å². The Balaban J connectivity index is 4.25. The van der Waals surface area contributed by atoms with Gasteiger partial charge in [0.15, 0.2) is 0 Å². The minimum Gasteiger partial charge on any atom is -0.467 e. The molecule has 128 valence electrons. The lowest BCUT2D eigenvalue weighted by atomic mass is 10.0. The predicted molar refractivity (Wildman–Crippen MR) is 87.3 cm³/mol. The Morgan fingerprint density at radius 3 is 2.41 bits per heavy atom. The smallest absolute Gasteiger partial charge is 0.328 e. The van der Waals surface area contributed by atoms with Crippen LogP contribution in [0.5, 0.6) is 0 Å². The molecule has 0 radical (unpaired) electrons. The molecule has 0 aliphatic carbocycles. The largest absolute Gasteiger partial charge is 0.467 e. The van der Waals surface area contributed by atoms with Gasteiger partial charge in [0.05, 0.1) is 7.11 Å². The standard InChI is InChI=1S/C17H31NO4/c1-5-6-7-8-9-10-11-14(17(21)22-4)18-16(20)15(19)12-13(2)3/h5,13-15,19H,1,6-12H2,2-4H3,(H,18,20)/t14-,15-/m0/s1. The van der Waals surface area contributed by atoms with Crippen LogP contribution in [0.15, 0.2) is 12.7 Å². The second-order valence-corrected chi connectivity index (χ2v) is 6.01. The van der Waals surface area contributed by atoms with Crippen molar-refractivity contribution in [1.82, 2.24) is 5.32 Å². The highest BCUT2D eigenvalue weighted by atomic mass is 16.5. The molecule has 0 unspecified atom stereocenters. The van der Waals surface area contributed by atoms with Gasteiger partial charge in [-0.25, -0.2) is 4.79 Å². The fraction of sp³-hybridized carbons (Fsp3) is 0.765. The van der Waals surface area contributed by atoms with E-state index in [1.165, 1.54) is 7.11 Å². The van der Waals surface area contributed by atoms with Gasteiger partial charge in [-0.3, -0.25) is 4.79 Å². The summed E-state index contributed by atoms with van der Waals surface area (Å²) in [5.41, 5.74) is 0. The van der Waals surface area contributed by atoms with Crippen LogP contribution in [0.3, 0.4) is 0 Å². The average Bonchev–Trinajstić information content (AvgIpc) is 2.47. The van der Waals surface area contributed by atoms with E-state index in [2.05, 4.69) is 11.9 Å². The fourth-order valence-corrected chi connectivity index (χ4v) is 2.20. The van der Waals surface area contributed by atoms with Gasteiger partial charge in [-0.2, -0.15) is 0 Å². The van der Waals surface area contributed by atoms with Crippen molar-refractivity contribution in [3.8, 4) is 0 Å². The van der Waals surface area contributed by atoms with E-state index in [9.17, 15) is 14.7 Å². The number of carbonyl (C=O) groups is 2. The topological polar surface area (TPSA) is 75.6 Å². The van der Waals surface area contributed by atoms with E-state index in [4.69, 9.17) is 4.74 Å². The summed E-state index contributed by atoms with van der Waals surface area (Å²) < 4.78 is 4.72. The van der Waals surface area contributed by atoms with Crippen LogP contribution in [0.4, 0.5) is 0 Å². The lowest BCUT2D eigenvalue weighted by molar-refractivity contribution is -0.146. The monoisotopic (exact) mass is 313 g/mol. The molecule has 0 heterocycles. The first-order chi connectivity index (χ1) is 10.4. The number of unbranched alkanes of at least 4 members (excludes halogenated alkanes) is 4. The zero-order chi connectivity index (χ0) is 17.0. The predicted octanol–water partition coefficient (Wildman–Crippen LogP) is 2.58. The second-order valence-electron chi connectivity index (χ2n) is 6.01. The molecular formula is C17H31NO4. The number of allylic oxidation sites excluding steroid dienone is 1. The number of nitrogens with one attached hydrogen (secondary N) is 1. The number of aliphatic hydroxyl groups is 1. The minimum absolute atomic E-state index is 0.210. The van der Waals surface area contributed by atoms with Crippen molar-refractivity contribution in [2.24, 2.45) is 5.92 Å². The Kier molecular flexibility index (Phi) is 11.5. The number of hydrogen-bond donors (Lipinski definition) is 2. The van der Waals surface area contributed by atoms with Crippen LogP contribution in [0.1, 0.15) is 58.8 Å². The molecule has 0 aromatic heterocycles. The maximum Gasteiger partial charge on any atom is 0.328 e. The molecule has 5 heteroatoms. The van der Waals surface area contributed by atoms with Crippen LogP contribution in [0, 0.1) is 5.92 Å². The van der Waals surface area contributed by atoms with E-state index in [0.717, 1.165) is 32.1 Å². The Morgan fingerprint density at radius 2 is 1.86 bits per heavy atom. The van der Waals surface area contributed by atoms with E-state index >= 15 is 0 Å². The molecule has 0 saturated carbocycles. The highest BCUT2D eigenvalue weighted by Crippen LogP contribution is 2.10. The molecule has 1 amide bonds. The second kappa shape index (κ2) is 12.2. The Labute approximate surface area is 134 Å². The molecule has 0 fully saturated rings. The Morgan fingerprint density at radius 1 is 1.23 bits per heavy atom. The third-order valence-corrected chi connectivity index (χ3v) is 3.45. The van der Waals surface area contributed by atoms with Crippen LogP contribution in [0.2, 0.25) is 0 Å². The normalized spacial score (nSPS) is 13.5. The van der Waals surface area contributed by atoms with Gasteiger partial charge in [-0.15, -0.1) is 6.58 Å². The summed E-state index contributed by atoms with van der Waals surface area (Å²) in [6, 6.07) is -0.682. The van der Waals surface area contributed by atoms with Crippen LogP contribution < -0.4 is 5.32 Å². The van der Waals surface area contributed by atoms with Gasteiger partial charge in [0, 0.05) is 0 Å². The molecule has 2 N–H and O–H groups in total. The van der Waals surface area contributed by atoms with Crippen molar-refractivity contribution in [1.29, 1.82) is 0 Å². The fourth-order valence-electron chi connectivity index (χ4n) is 2.20. The molecule has 0 aromatic carbocycles. The number of carbonyl (C=O) groups excluding carboxylic acids is 2. The van der Waals surface area contributed by atoms with E-state index in [0.29, 0.717) is 12.8 Å². The highest BCUT2D eigenvalue weighted by Gasteiger charge is 2.24. The van der Waals surface area contributed by atoms with Gasteiger partial charge in [0.25, 0.3) is 0 Å². The van der Waals surface area contributed by atoms with Crippen LogP contribution in [0.25, 0.3) is 0 Å². The zero-order valence-corrected chi connectivity index (χ0v) is 14.1. The van der Waals surface area contributed by atoms with Crippen molar-refractivity contribution in [3.05, 3.63) is 12.7 Å². The van der Waals surface area contributed by atoms with Crippen molar-refractivity contribution >= 4 is 11.9 Å². The number of ether oxygens (including phenoxy) is 1. The maximum atomic E-state index is 11.9. The summed E-state index contributed by atoms with van der Waals surface area (Å²) in [6.07, 6.45) is 6.70. The number of methoxy groups -OCH3 is 1. The summed E-state index contributed by atoms with van der Waals surface area (Å²) in [5.74, 6) is -0.755. The quantitative estimate of drug-likeness (QED) is 0.330. The Bertz CT molecular complexity index is 342. The van der Waals surface area contributed by atoms with Crippen molar-refractivity contribution in [3.63, 3.8) is 0 Å².